The number of ether oxygens (including phenoxy) is 1. The highest BCUT2D eigenvalue weighted by Crippen LogP contribution is 2.36. The molecule has 3 heterocycles. The molecule has 1 aliphatic rings. The summed E-state index contributed by atoms with van der Waals surface area (Å²) in [7, 11) is 1.69. The summed E-state index contributed by atoms with van der Waals surface area (Å²) in [4.78, 5) is 26.7. The average molecular weight is 485 g/mol. The SMILES string of the molecule is Cc1n[nH]c(C)c1-c1ccc(NC(=O)[C@@H](NC(=O)c2ccnn2C)[C@@H]2CCOc3ccccc32)cc1. The monoisotopic (exact) mass is 484 g/mol. The summed E-state index contributed by atoms with van der Waals surface area (Å²) in [5.74, 6) is -0.171. The number of benzene rings is 2. The van der Waals surface area contributed by atoms with Crippen LogP contribution in [-0.4, -0.2) is 44.4 Å². The molecule has 0 fully saturated rings. The molecule has 0 aliphatic carbocycles. The molecule has 9 heteroatoms. The van der Waals surface area contributed by atoms with Crippen molar-refractivity contribution in [2.75, 3.05) is 11.9 Å². The highest BCUT2D eigenvalue weighted by atomic mass is 16.5. The molecule has 0 radical (unpaired) electrons. The van der Waals surface area contributed by atoms with Gasteiger partial charge in [0.05, 0.1) is 12.3 Å². The lowest BCUT2D eigenvalue weighted by Crippen LogP contribution is -2.49. The van der Waals surface area contributed by atoms with Crippen LogP contribution in [-0.2, 0) is 11.8 Å². The second-order valence-electron chi connectivity index (χ2n) is 8.95. The van der Waals surface area contributed by atoms with Crippen molar-refractivity contribution in [3.8, 4) is 16.9 Å². The van der Waals surface area contributed by atoms with E-state index in [1.165, 1.54) is 4.68 Å². The molecule has 9 nitrogen and oxygen atoms in total. The van der Waals surface area contributed by atoms with Gasteiger partial charge in [-0.3, -0.25) is 19.4 Å². The van der Waals surface area contributed by atoms with Crippen molar-refractivity contribution in [1.29, 1.82) is 0 Å². The zero-order valence-electron chi connectivity index (χ0n) is 20.4. The largest absolute Gasteiger partial charge is 0.493 e. The molecule has 2 amide bonds. The summed E-state index contributed by atoms with van der Waals surface area (Å²) < 4.78 is 7.29. The molecular formula is C27H28N6O3. The lowest BCUT2D eigenvalue weighted by molar-refractivity contribution is -0.118. The first kappa shape index (κ1) is 23.3. The van der Waals surface area contributed by atoms with Crippen LogP contribution < -0.4 is 15.4 Å². The van der Waals surface area contributed by atoms with Crippen molar-refractivity contribution in [2.24, 2.45) is 7.05 Å². The van der Waals surface area contributed by atoms with Gasteiger partial charge in [0.2, 0.25) is 5.91 Å². The predicted molar refractivity (Wildman–Crippen MR) is 136 cm³/mol. The number of aromatic amines is 1. The fourth-order valence-corrected chi connectivity index (χ4v) is 4.79. The van der Waals surface area contributed by atoms with Gasteiger partial charge in [-0.2, -0.15) is 10.2 Å². The molecule has 0 saturated carbocycles. The Kier molecular flexibility index (Phi) is 6.28. The highest BCUT2D eigenvalue weighted by Gasteiger charge is 2.35. The van der Waals surface area contributed by atoms with Crippen LogP contribution in [0.1, 0.15) is 39.8 Å². The summed E-state index contributed by atoms with van der Waals surface area (Å²) >= 11 is 0. The second kappa shape index (κ2) is 9.69. The minimum Gasteiger partial charge on any atom is -0.493 e. The number of nitrogens with zero attached hydrogens (tertiary/aromatic N) is 3. The van der Waals surface area contributed by atoms with E-state index in [9.17, 15) is 9.59 Å². The van der Waals surface area contributed by atoms with Gasteiger partial charge in [-0.05, 0) is 55.7 Å². The molecule has 2 aromatic carbocycles. The van der Waals surface area contributed by atoms with Crippen molar-refractivity contribution in [1.82, 2.24) is 25.3 Å². The summed E-state index contributed by atoms with van der Waals surface area (Å²) in [6.45, 7) is 4.40. The molecule has 0 saturated heterocycles. The number of aryl methyl sites for hydroxylation is 3. The Morgan fingerprint density at radius 2 is 1.89 bits per heavy atom. The van der Waals surface area contributed by atoms with Crippen molar-refractivity contribution in [2.45, 2.75) is 32.2 Å². The lowest BCUT2D eigenvalue weighted by Gasteiger charge is -2.32. The standard InChI is InChI=1S/C27H28N6O3/c1-16-24(17(2)32-31-16)18-8-10-19(11-9-18)29-27(35)25(30-26(34)22-12-14-28-33(22)3)21-13-15-36-23-7-5-4-6-20(21)23/h4-12,14,21,25H,13,15H2,1-3H3,(H,29,35)(H,30,34)(H,31,32)/t21-,25+/m1/s1. The number of amides is 2. The predicted octanol–water partition coefficient (Wildman–Crippen LogP) is 3.73. The number of H-pyrrole nitrogens is 1. The molecule has 36 heavy (non-hydrogen) atoms. The maximum Gasteiger partial charge on any atom is 0.270 e. The van der Waals surface area contributed by atoms with E-state index in [4.69, 9.17) is 4.74 Å². The Morgan fingerprint density at radius 1 is 1.11 bits per heavy atom. The molecule has 0 unspecified atom stereocenters. The molecule has 184 valence electrons. The Hall–Kier alpha value is -4.40. The molecule has 2 aromatic heterocycles. The first-order valence-electron chi connectivity index (χ1n) is 11.9. The minimum atomic E-state index is -0.810. The van der Waals surface area contributed by atoms with Gasteiger partial charge in [-0.15, -0.1) is 0 Å². The third-order valence-electron chi connectivity index (χ3n) is 6.60. The molecule has 3 N–H and O–H groups in total. The smallest absolute Gasteiger partial charge is 0.270 e. The van der Waals surface area contributed by atoms with Crippen LogP contribution in [0, 0.1) is 13.8 Å². The fourth-order valence-electron chi connectivity index (χ4n) is 4.79. The summed E-state index contributed by atoms with van der Waals surface area (Å²) in [6.07, 6.45) is 2.15. The highest BCUT2D eigenvalue weighted by molar-refractivity contribution is 6.01. The first-order valence-corrected chi connectivity index (χ1v) is 11.9. The number of hydrogen-bond acceptors (Lipinski definition) is 5. The Balaban J connectivity index is 1.42. The normalized spacial score (nSPS) is 15.5. The molecule has 4 aromatic rings. The first-order chi connectivity index (χ1) is 17.4. The van der Waals surface area contributed by atoms with Gasteiger partial charge in [0, 0.05) is 36.1 Å². The van der Waals surface area contributed by atoms with Gasteiger partial charge in [0.1, 0.15) is 17.5 Å². The summed E-state index contributed by atoms with van der Waals surface area (Å²) in [6, 6.07) is 16.1. The zero-order chi connectivity index (χ0) is 25.2. The third-order valence-corrected chi connectivity index (χ3v) is 6.60. The lowest BCUT2D eigenvalue weighted by atomic mass is 9.86. The maximum absolute atomic E-state index is 13.6. The number of nitrogens with one attached hydrogen (secondary N) is 3. The summed E-state index contributed by atoms with van der Waals surface area (Å²) in [5, 5.41) is 17.3. The van der Waals surface area contributed by atoms with Crippen LogP contribution >= 0.6 is 0 Å². The molecular weight excluding hydrogens is 456 g/mol. The van der Waals surface area contributed by atoms with E-state index in [0.717, 1.165) is 33.8 Å². The molecule has 0 bridgehead atoms. The van der Waals surface area contributed by atoms with Gasteiger partial charge in [-0.25, -0.2) is 0 Å². The van der Waals surface area contributed by atoms with Gasteiger partial charge >= 0.3 is 0 Å². The Labute approximate surface area is 208 Å². The topological polar surface area (TPSA) is 114 Å². The van der Waals surface area contributed by atoms with E-state index >= 15 is 0 Å². The van der Waals surface area contributed by atoms with Crippen LogP contribution in [0.25, 0.3) is 11.1 Å². The van der Waals surface area contributed by atoms with Crippen molar-refractivity contribution >= 4 is 17.5 Å². The maximum atomic E-state index is 13.6. The molecule has 5 rings (SSSR count). The van der Waals surface area contributed by atoms with E-state index < -0.39 is 6.04 Å². The van der Waals surface area contributed by atoms with Crippen LogP contribution in [0.3, 0.4) is 0 Å². The van der Waals surface area contributed by atoms with Crippen molar-refractivity contribution in [3.63, 3.8) is 0 Å². The number of fused-ring (bicyclic) bond motifs is 1. The average Bonchev–Trinajstić information content (AvgIpc) is 3.47. The minimum absolute atomic E-state index is 0.248. The van der Waals surface area contributed by atoms with Crippen molar-refractivity contribution in [3.05, 3.63) is 83.4 Å². The zero-order valence-corrected chi connectivity index (χ0v) is 20.4. The van der Waals surface area contributed by atoms with E-state index in [-0.39, 0.29) is 17.7 Å². The van der Waals surface area contributed by atoms with E-state index in [0.29, 0.717) is 24.4 Å². The van der Waals surface area contributed by atoms with Crippen molar-refractivity contribution < 1.29 is 14.3 Å². The Bertz CT molecular complexity index is 1390. The van der Waals surface area contributed by atoms with Gasteiger partial charge in [0.25, 0.3) is 5.91 Å². The fraction of sp³-hybridized carbons (Fsp3) is 0.259. The number of rotatable bonds is 6. The summed E-state index contributed by atoms with van der Waals surface area (Å²) in [5.41, 5.74) is 5.88. The third kappa shape index (κ3) is 4.47. The van der Waals surface area contributed by atoms with E-state index in [1.807, 2.05) is 62.4 Å². The Morgan fingerprint density at radius 3 is 2.58 bits per heavy atom. The van der Waals surface area contributed by atoms with E-state index in [1.54, 1.807) is 19.3 Å². The van der Waals surface area contributed by atoms with E-state index in [2.05, 4.69) is 25.9 Å². The number of aromatic nitrogens is 4. The number of carbonyl (C=O) groups is 2. The second-order valence-corrected chi connectivity index (χ2v) is 8.95. The van der Waals surface area contributed by atoms with Gasteiger partial charge in [0.15, 0.2) is 0 Å². The number of para-hydroxylation sites is 1. The number of hydrogen-bond donors (Lipinski definition) is 3. The number of anilines is 1. The number of carbonyl (C=O) groups excluding carboxylic acids is 2. The van der Waals surface area contributed by atoms with Crippen LogP contribution in [0.4, 0.5) is 5.69 Å². The molecule has 1 aliphatic heterocycles. The van der Waals surface area contributed by atoms with Crippen LogP contribution in [0.5, 0.6) is 5.75 Å². The van der Waals surface area contributed by atoms with Gasteiger partial charge < -0.3 is 15.4 Å². The quantitative estimate of drug-likeness (QED) is 0.386. The molecule has 2 atom stereocenters. The van der Waals surface area contributed by atoms with Crippen LogP contribution in [0.15, 0.2) is 60.8 Å². The van der Waals surface area contributed by atoms with Crippen LogP contribution in [0.2, 0.25) is 0 Å². The van der Waals surface area contributed by atoms with Gasteiger partial charge in [-0.1, -0.05) is 30.3 Å². The molecule has 0 spiro atoms.